The summed E-state index contributed by atoms with van der Waals surface area (Å²) in [6.07, 6.45) is -0.697. The number of carboxylic acid groups (broad SMARTS) is 1. The van der Waals surface area contributed by atoms with Gasteiger partial charge in [0.2, 0.25) is 5.91 Å². The van der Waals surface area contributed by atoms with Crippen molar-refractivity contribution in [1.82, 2.24) is 10.2 Å². The molecule has 0 aliphatic carbocycles. The minimum Gasteiger partial charge on any atom is -0.477 e. The number of carbonyl (C=O) groups excluding carboxylic acids is 3. The third-order valence-electron chi connectivity index (χ3n) is 5.01. The first-order valence-electron chi connectivity index (χ1n) is 9.72. The van der Waals surface area contributed by atoms with Crippen LogP contribution in [0.25, 0.3) is 0 Å². The highest BCUT2D eigenvalue weighted by molar-refractivity contribution is 8.00. The molecule has 166 valence electrons. The third kappa shape index (κ3) is 4.88. The van der Waals surface area contributed by atoms with Crippen LogP contribution in [0.4, 0.5) is 0 Å². The summed E-state index contributed by atoms with van der Waals surface area (Å²) in [4.78, 5) is 49.9. The van der Waals surface area contributed by atoms with Crippen molar-refractivity contribution in [3.05, 3.63) is 46.1 Å². The van der Waals surface area contributed by atoms with Gasteiger partial charge in [-0.1, -0.05) is 37.6 Å². The van der Waals surface area contributed by atoms with E-state index in [9.17, 15) is 24.3 Å². The molecule has 0 radical (unpaired) electrons. The first-order valence-corrected chi connectivity index (χ1v) is 11.1. The van der Waals surface area contributed by atoms with Gasteiger partial charge in [0, 0.05) is 23.3 Å². The third-order valence-corrected chi connectivity index (χ3v) is 6.55. The molecule has 2 aliphatic heterocycles. The van der Waals surface area contributed by atoms with Crippen molar-refractivity contribution in [2.24, 2.45) is 5.92 Å². The summed E-state index contributed by atoms with van der Waals surface area (Å²) in [5, 5.41) is 12.5. The fourth-order valence-corrected chi connectivity index (χ4v) is 5.31. The maximum absolute atomic E-state index is 12.8. The SMILES string of the molecule is CC(=O)OC(C1=C(C(=O)O)N2C(=O)C(NC(=O)Cc3cccc(Cl)c3)[C@@H]2SC1)C(C)C. The summed E-state index contributed by atoms with van der Waals surface area (Å²) in [6.45, 7) is 4.89. The summed E-state index contributed by atoms with van der Waals surface area (Å²) in [7, 11) is 0. The van der Waals surface area contributed by atoms with Crippen LogP contribution in [0, 0.1) is 5.92 Å². The average Bonchev–Trinajstić information content (AvgIpc) is 2.68. The molecule has 2 N–H and O–H groups in total. The van der Waals surface area contributed by atoms with E-state index in [4.69, 9.17) is 16.3 Å². The van der Waals surface area contributed by atoms with E-state index in [0.29, 0.717) is 16.2 Å². The highest BCUT2D eigenvalue weighted by Crippen LogP contribution is 2.42. The molecule has 0 aromatic heterocycles. The van der Waals surface area contributed by atoms with E-state index >= 15 is 0 Å². The van der Waals surface area contributed by atoms with Crippen LogP contribution in [0.15, 0.2) is 35.5 Å². The summed E-state index contributed by atoms with van der Waals surface area (Å²) in [5.41, 5.74) is 0.921. The molecule has 1 aromatic carbocycles. The zero-order chi connectivity index (χ0) is 22.9. The van der Waals surface area contributed by atoms with Crippen LogP contribution >= 0.6 is 23.4 Å². The Morgan fingerprint density at radius 2 is 2.06 bits per heavy atom. The summed E-state index contributed by atoms with van der Waals surface area (Å²) < 4.78 is 5.35. The lowest BCUT2D eigenvalue weighted by Crippen LogP contribution is -2.71. The molecule has 3 atom stereocenters. The quantitative estimate of drug-likeness (QED) is 0.468. The van der Waals surface area contributed by atoms with Gasteiger partial charge in [0.05, 0.1) is 6.42 Å². The summed E-state index contributed by atoms with van der Waals surface area (Å²) in [5.74, 6) is -2.55. The van der Waals surface area contributed by atoms with Gasteiger partial charge >= 0.3 is 11.9 Å². The van der Waals surface area contributed by atoms with Gasteiger partial charge in [0.25, 0.3) is 5.91 Å². The largest absolute Gasteiger partial charge is 0.477 e. The highest BCUT2D eigenvalue weighted by atomic mass is 35.5. The number of halogens is 1. The second kappa shape index (κ2) is 9.32. The van der Waals surface area contributed by atoms with Gasteiger partial charge in [-0.3, -0.25) is 19.3 Å². The Balaban J connectivity index is 1.78. The Kier molecular flexibility index (Phi) is 6.96. The zero-order valence-electron chi connectivity index (χ0n) is 17.3. The topological polar surface area (TPSA) is 113 Å². The number of esters is 1. The van der Waals surface area contributed by atoms with Crippen molar-refractivity contribution >= 4 is 47.1 Å². The number of β-lactam (4-membered cyclic amide) rings is 1. The zero-order valence-corrected chi connectivity index (χ0v) is 18.8. The standard InChI is InChI=1S/C21H23ClN2O6S/c1-10(2)18(30-11(3)25)14-9-31-20-16(19(27)24(20)17(14)21(28)29)23-15(26)8-12-5-4-6-13(22)7-12/h4-7,10,16,18,20H,8-9H2,1-3H3,(H,23,26)(H,28,29)/t16?,18?,20-/m0/s1. The number of carbonyl (C=O) groups is 4. The molecular formula is C21H23ClN2O6S. The van der Waals surface area contributed by atoms with Crippen LogP contribution in [0.5, 0.6) is 0 Å². The molecule has 0 spiro atoms. The van der Waals surface area contributed by atoms with Gasteiger partial charge in [-0.2, -0.15) is 0 Å². The second-order valence-electron chi connectivity index (χ2n) is 7.71. The van der Waals surface area contributed by atoms with E-state index in [1.807, 2.05) is 13.8 Å². The minimum atomic E-state index is -1.27. The first kappa shape index (κ1) is 23.1. The fourth-order valence-electron chi connectivity index (χ4n) is 3.71. The average molecular weight is 467 g/mol. The number of nitrogens with zero attached hydrogens (tertiary/aromatic N) is 1. The van der Waals surface area contributed by atoms with E-state index in [-0.39, 0.29) is 29.7 Å². The van der Waals surface area contributed by atoms with Crippen LogP contribution in [0.1, 0.15) is 26.3 Å². The van der Waals surface area contributed by atoms with Crippen molar-refractivity contribution in [2.75, 3.05) is 5.75 Å². The second-order valence-corrected chi connectivity index (χ2v) is 9.26. The van der Waals surface area contributed by atoms with E-state index < -0.39 is 35.4 Å². The number of hydrogen-bond donors (Lipinski definition) is 2. The lowest BCUT2D eigenvalue weighted by atomic mass is 9.94. The van der Waals surface area contributed by atoms with E-state index in [0.717, 1.165) is 0 Å². The Morgan fingerprint density at radius 1 is 1.35 bits per heavy atom. The van der Waals surface area contributed by atoms with Gasteiger partial charge in [0.15, 0.2) is 0 Å². The first-order chi connectivity index (χ1) is 14.6. The number of rotatable bonds is 7. The predicted molar refractivity (Wildman–Crippen MR) is 115 cm³/mol. The van der Waals surface area contributed by atoms with Crippen LogP contribution < -0.4 is 5.32 Å². The summed E-state index contributed by atoms with van der Waals surface area (Å²) >= 11 is 7.27. The molecule has 2 amide bonds. The predicted octanol–water partition coefficient (Wildman–Crippen LogP) is 2.21. The number of ether oxygens (including phenoxy) is 1. The molecule has 1 fully saturated rings. The maximum Gasteiger partial charge on any atom is 0.352 e. The van der Waals surface area contributed by atoms with Crippen LogP contribution in [0.3, 0.4) is 0 Å². The molecule has 1 aromatic rings. The van der Waals surface area contributed by atoms with Crippen LogP contribution in [-0.4, -0.2) is 57.0 Å². The molecule has 2 unspecified atom stereocenters. The maximum atomic E-state index is 12.8. The van der Waals surface area contributed by atoms with Crippen molar-refractivity contribution in [2.45, 2.75) is 44.7 Å². The van der Waals surface area contributed by atoms with Crippen LogP contribution in [-0.2, 0) is 30.3 Å². The van der Waals surface area contributed by atoms with Crippen molar-refractivity contribution in [3.63, 3.8) is 0 Å². The molecule has 3 rings (SSSR count). The van der Waals surface area contributed by atoms with Gasteiger partial charge in [-0.15, -0.1) is 11.8 Å². The van der Waals surface area contributed by atoms with Gasteiger partial charge in [-0.05, 0) is 23.6 Å². The normalized spacial score (nSPS) is 21.3. The Labute approximate surface area is 188 Å². The number of amides is 2. The van der Waals surface area contributed by atoms with Crippen LogP contribution in [0.2, 0.25) is 5.02 Å². The van der Waals surface area contributed by atoms with Crippen molar-refractivity contribution < 1.29 is 29.0 Å². The lowest BCUT2D eigenvalue weighted by Gasteiger charge is -2.50. The fraction of sp³-hybridized carbons (Fsp3) is 0.429. The van der Waals surface area contributed by atoms with E-state index in [1.165, 1.54) is 23.6 Å². The smallest absolute Gasteiger partial charge is 0.352 e. The molecular weight excluding hydrogens is 444 g/mol. The number of hydrogen-bond acceptors (Lipinski definition) is 6. The van der Waals surface area contributed by atoms with Gasteiger partial charge in [-0.25, -0.2) is 4.79 Å². The summed E-state index contributed by atoms with van der Waals surface area (Å²) in [6, 6.07) is 6.04. The van der Waals surface area contributed by atoms with Crippen molar-refractivity contribution in [3.8, 4) is 0 Å². The van der Waals surface area contributed by atoms with E-state index in [1.54, 1.807) is 24.3 Å². The van der Waals surface area contributed by atoms with Gasteiger partial charge < -0.3 is 15.2 Å². The minimum absolute atomic E-state index is 0.0521. The monoisotopic (exact) mass is 466 g/mol. The Hall–Kier alpha value is -2.52. The Morgan fingerprint density at radius 3 is 2.65 bits per heavy atom. The van der Waals surface area contributed by atoms with E-state index in [2.05, 4.69) is 5.32 Å². The molecule has 8 nitrogen and oxygen atoms in total. The number of benzene rings is 1. The molecule has 2 aliphatic rings. The number of aliphatic carboxylic acids is 1. The molecule has 10 heteroatoms. The van der Waals surface area contributed by atoms with Gasteiger partial charge in [0.1, 0.15) is 23.2 Å². The Bertz CT molecular complexity index is 963. The number of fused-ring (bicyclic) bond motifs is 1. The number of carboxylic acids is 1. The molecule has 2 heterocycles. The van der Waals surface area contributed by atoms with Crippen molar-refractivity contribution in [1.29, 1.82) is 0 Å². The molecule has 0 bridgehead atoms. The molecule has 31 heavy (non-hydrogen) atoms. The number of nitrogens with one attached hydrogen (secondary N) is 1. The lowest BCUT2D eigenvalue weighted by molar-refractivity contribution is -0.151. The molecule has 1 saturated heterocycles. The molecule has 0 saturated carbocycles. The number of thioether (sulfide) groups is 1. The highest BCUT2D eigenvalue weighted by Gasteiger charge is 2.55.